The Hall–Kier alpha value is -0.710. The van der Waals surface area contributed by atoms with Gasteiger partial charge in [0.2, 0.25) is 5.91 Å². The lowest BCUT2D eigenvalue weighted by Gasteiger charge is -2.08. The molecule has 0 radical (unpaired) electrons. The zero-order valence-electron chi connectivity index (χ0n) is 6.74. The van der Waals surface area contributed by atoms with Gasteiger partial charge in [0.25, 0.3) is 0 Å². The normalized spacial score (nSPS) is 28.4. The number of nitrogens with one attached hydrogen (secondary N) is 1. The van der Waals surface area contributed by atoms with Crippen LogP contribution in [0.2, 0.25) is 0 Å². The van der Waals surface area contributed by atoms with Gasteiger partial charge in [-0.3, -0.25) is 9.59 Å². The van der Waals surface area contributed by atoms with E-state index in [1.54, 1.807) is 0 Å². The molecule has 12 heavy (non-hydrogen) atoms. The molecule has 2 unspecified atom stereocenters. The monoisotopic (exact) mass is 189 g/mol. The summed E-state index contributed by atoms with van der Waals surface area (Å²) in [7, 11) is 0. The molecule has 2 N–H and O–H groups in total. The lowest BCUT2D eigenvalue weighted by Crippen LogP contribution is -2.33. The van der Waals surface area contributed by atoms with Gasteiger partial charge in [-0.25, -0.2) is 0 Å². The smallest absolute Gasteiger partial charge is 0.316 e. The number of carbonyl (C=O) groups is 2. The van der Waals surface area contributed by atoms with Gasteiger partial charge in [0.05, 0.1) is 0 Å². The minimum atomic E-state index is -0.784. The molecule has 0 aromatic heterocycles. The summed E-state index contributed by atoms with van der Waals surface area (Å²) in [6.45, 7) is 1.44. The number of rotatable bonds is 2. The van der Waals surface area contributed by atoms with Crippen molar-refractivity contribution in [1.82, 2.24) is 5.32 Å². The largest absolute Gasteiger partial charge is 0.480 e. The highest BCUT2D eigenvalue weighted by Crippen LogP contribution is 2.26. The Labute approximate surface area is 74.7 Å². The van der Waals surface area contributed by atoms with Crippen LogP contribution in [0, 0.1) is 0 Å². The van der Waals surface area contributed by atoms with E-state index in [9.17, 15) is 9.59 Å². The molecule has 1 saturated heterocycles. The van der Waals surface area contributed by atoms with Crippen molar-refractivity contribution < 1.29 is 14.7 Å². The summed E-state index contributed by atoms with van der Waals surface area (Å²) >= 11 is 1.39. The molecule has 1 aliphatic heterocycles. The number of hydrogen-bond donors (Lipinski definition) is 2. The summed E-state index contributed by atoms with van der Waals surface area (Å²) < 4.78 is 0. The first-order valence-electron chi connectivity index (χ1n) is 3.71. The van der Waals surface area contributed by atoms with Gasteiger partial charge >= 0.3 is 5.97 Å². The first kappa shape index (κ1) is 9.38. The van der Waals surface area contributed by atoms with Crippen LogP contribution in [-0.4, -0.2) is 34.0 Å². The van der Waals surface area contributed by atoms with E-state index in [2.05, 4.69) is 5.32 Å². The van der Waals surface area contributed by atoms with Gasteiger partial charge in [-0.2, -0.15) is 0 Å². The number of hydrogen-bond acceptors (Lipinski definition) is 3. The van der Waals surface area contributed by atoms with Crippen LogP contribution in [0.25, 0.3) is 0 Å². The summed E-state index contributed by atoms with van der Waals surface area (Å²) in [5.74, 6) is -0.171. The van der Waals surface area contributed by atoms with Crippen molar-refractivity contribution in [3.05, 3.63) is 0 Å². The van der Waals surface area contributed by atoms with Gasteiger partial charge < -0.3 is 10.4 Å². The van der Waals surface area contributed by atoms with Gasteiger partial charge in [-0.15, -0.1) is 11.8 Å². The number of thioether (sulfide) groups is 1. The molecule has 0 bridgehead atoms. The Balaban J connectivity index is 2.35. The molecule has 1 amide bonds. The highest BCUT2D eigenvalue weighted by atomic mass is 32.2. The molecule has 1 rings (SSSR count). The van der Waals surface area contributed by atoms with Crippen LogP contribution in [0.3, 0.4) is 0 Å². The van der Waals surface area contributed by atoms with Crippen molar-refractivity contribution in [1.29, 1.82) is 0 Å². The molecular weight excluding hydrogens is 178 g/mol. The molecule has 2 atom stereocenters. The highest BCUT2D eigenvalue weighted by molar-refractivity contribution is 8.00. The van der Waals surface area contributed by atoms with Crippen LogP contribution < -0.4 is 5.32 Å². The minimum absolute atomic E-state index is 0.0357. The van der Waals surface area contributed by atoms with E-state index in [-0.39, 0.29) is 17.2 Å². The van der Waals surface area contributed by atoms with Gasteiger partial charge in [-0.05, 0) is 6.42 Å². The lowest BCUT2D eigenvalue weighted by atomic mass is 10.2. The Kier molecular flexibility index (Phi) is 2.97. The maximum atomic E-state index is 10.6. The van der Waals surface area contributed by atoms with Gasteiger partial charge in [-0.1, -0.05) is 0 Å². The Morgan fingerprint density at radius 1 is 1.58 bits per heavy atom. The summed E-state index contributed by atoms with van der Waals surface area (Å²) in [5.41, 5.74) is 0. The van der Waals surface area contributed by atoms with Crippen LogP contribution in [0.5, 0.6) is 0 Å². The van der Waals surface area contributed by atoms with Crippen LogP contribution in [0.4, 0.5) is 0 Å². The van der Waals surface area contributed by atoms with E-state index in [1.165, 1.54) is 18.7 Å². The van der Waals surface area contributed by atoms with Crippen LogP contribution in [-0.2, 0) is 9.59 Å². The quantitative estimate of drug-likeness (QED) is 0.645. The maximum absolute atomic E-state index is 10.6. The molecular formula is C7H11NO3S. The van der Waals surface area contributed by atoms with Crippen molar-refractivity contribution in [2.75, 3.05) is 5.75 Å². The molecule has 1 aliphatic rings. The number of carboxylic acid groups (broad SMARTS) is 1. The van der Waals surface area contributed by atoms with E-state index >= 15 is 0 Å². The second-order valence-electron chi connectivity index (χ2n) is 2.79. The zero-order chi connectivity index (χ0) is 9.14. The second-order valence-corrected chi connectivity index (χ2v) is 4.03. The van der Waals surface area contributed by atoms with Gasteiger partial charge in [0.15, 0.2) is 0 Å². The third-order valence-electron chi connectivity index (χ3n) is 1.68. The number of amides is 1. The van der Waals surface area contributed by atoms with Crippen LogP contribution >= 0.6 is 11.8 Å². The zero-order valence-corrected chi connectivity index (χ0v) is 7.56. The fourth-order valence-electron chi connectivity index (χ4n) is 1.19. The third kappa shape index (κ3) is 2.41. The average molecular weight is 189 g/mol. The van der Waals surface area contributed by atoms with Crippen molar-refractivity contribution in [2.45, 2.75) is 24.6 Å². The van der Waals surface area contributed by atoms with E-state index in [1.807, 2.05) is 0 Å². The first-order valence-corrected chi connectivity index (χ1v) is 4.76. The molecule has 1 heterocycles. The second kappa shape index (κ2) is 3.80. The Bertz CT molecular complexity index is 207. The summed E-state index contributed by atoms with van der Waals surface area (Å²) in [6.07, 6.45) is 0.541. The fraction of sp³-hybridized carbons (Fsp3) is 0.714. The Morgan fingerprint density at radius 2 is 2.25 bits per heavy atom. The van der Waals surface area contributed by atoms with Gasteiger partial charge in [0, 0.05) is 18.7 Å². The molecule has 4 nitrogen and oxygen atoms in total. The van der Waals surface area contributed by atoms with Crippen LogP contribution in [0.15, 0.2) is 0 Å². The summed E-state index contributed by atoms with van der Waals surface area (Å²) in [4.78, 5) is 21.1. The van der Waals surface area contributed by atoms with Crippen molar-refractivity contribution in [3.8, 4) is 0 Å². The minimum Gasteiger partial charge on any atom is -0.480 e. The Morgan fingerprint density at radius 3 is 2.67 bits per heavy atom. The number of aliphatic carboxylic acids is 1. The van der Waals surface area contributed by atoms with Crippen molar-refractivity contribution in [2.24, 2.45) is 0 Å². The molecule has 0 spiro atoms. The molecule has 0 saturated carbocycles. The molecule has 1 fully saturated rings. The third-order valence-corrected chi connectivity index (χ3v) is 3.07. The molecule has 0 aromatic carbocycles. The first-order chi connectivity index (χ1) is 5.59. The standard InChI is InChI=1S/C7H11NO3S/c1-4(9)8-5-2-6(7(10)11)12-3-5/h5-6H,2-3H2,1H3,(H,8,9)(H,10,11). The van der Waals surface area contributed by atoms with E-state index < -0.39 is 5.97 Å². The highest BCUT2D eigenvalue weighted by Gasteiger charge is 2.30. The topological polar surface area (TPSA) is 66.4 Å². The molecule has 0 aromatic rings. The van der Waals surface area contributed by atoms with Crippen molar-refractivity contribution >= 4 is 23.6 Å². The van der Waals surface area contributed by atoms with E-state index in [0.29, 0.717) is 12.2 Å². The SMILES string of the molecule is CC(=O)NC1CSC(C(=O)O)C1. The molecule has 0 aliphatic carbocycles. The van der Waals surface area contributed by atoms with E-state index in [0.717, 1.165) is 0 Å². The number of carboxylic acids is 1. The summed E-state index contributed by atoms with van der Waals surface area (Å²) in [5, 5.41) is 11.0. The van der Waals surface area contributed by atoms with Crippen molar-refractivity contribution in [3.63, 3.8) is 0 Å². The lowest BCUT2D eigenvalue weighted by molar-refractivity contribution is -0.136. The van der Waals surface area contributed by atoms with E-state index in [4.69, 9.17) is 5.11 Å². The average Bonchev–Trinajstić information content (AvgIpc) is 2.34. The predicted octanol–water partition coefficient (Wildman–Crippen LogP) is 0.0812. The molecule has 68 valence electrons. The predicted molar refractivity (Wildman–Crippen MR) is 46.1 cm³/mol. The fourth-order valence-corrected chi connectivity index (χ4v) is 2.38. The number of carbonyl (C=O) groups excluding carboxylic acids is 1. The van der Waals surface area contributed by atoms with Crippen LogP contribution in [0.1, 0.15) is 13.3 Å². The maximum Gasteiger partial charge on any atom is 0.316 e. The summed E-state index contributed by atoms with van der Waals surface area (Å²) in [6, 6.07) is 0.0357. The molecule has 5 heteroatoms. The van der Waals surface area contributed by atoms with Gasteiger partial charge in [0.1, 0.15) is 5.25 Å².